The zero-order chi connectivity index (χ0) is 13.2. The van der Waals surface area contributed by atoms with E-state index in [1.807, 2.05) is 0 Å². The van der Waals surface area contributed by atoms with E-state index in [0.29, 0.717) is 6.42 Å². The Labute approximate surface area is 111 Å². The van der Waals surface area contributed by atoms with Gasteiger partial charge in [0.05, 0.1) is 0 Å². The molecule has 4 nitrogen and oxygen atoms in total. The molecule has 0 bridgehead atoms. The Balaban J connectivity index is 2.10. The maximum absolute atomic E-state index is 11.0. The standard InChI is InChI=1S/C14H29N3O/c1-2-8-13-9-5-7-12-17(13)11-6-3-4-10-14(18)16-15/h13H,2-12,15H2,1H3,(H,16,18). The summed E-state index contributed by atoms with van der Waals surface area (Å²) >= 11 is 0. The summed E-state index contributed by atoms with van der Waals surface area (Å²) in [5, 5.41) is 0. The summed E-state index contributed by atoms with van der Waals surface area (Å²) in [5.74, 6) is 5.00. The van der Waals surface area contributed by atoms with Gasteiger partial charge in [-0.1, -0.05) is 26.2 Å². The van der Waals surface area contributed by atoms with Crippen molar-refractivity contribution < 1.29 is 4.79 Å². The number of hydrogen-bond donors (Lipinski definition) is 2. The van der Waals surface area contributed by atoms with Crippen molar-refractivity contribution in [3.63, 3.8) is 0 Å². The Morgan fingerprint density at radius 3 is 2.89 bits per heavy atom. The summed E-state index contributed by atoms with van der Waals surface area (Å²) in [6, 6.07) is 0.816. The van der Waals surface area contributed by atoms with Crippen molar-refractivity contribution in [1.82, 2.24) is 10.3 Å². The Bertz CT molecular complexity index is 231. The second-order valence-electron chi connectivity index (χ2n) is 5.35. The van der Waals surface area contributed by atoms with Crippen molar-refractivity contribution in [3.05, 3.63) is 0 Å². The minimum Gasteiger partial charge on any atom is -0.300 e. The van der Waals surface area contributed by atoms with E-state index in [9.17, 15) is 4.79 Å². The summed E-state index contributed by atoms with van der Waals surface area (Å²) in [6.07, 6.45) is 10.6. The monoisotopic (exact) mass is 255 g/mol. The predicted molar refractivity (Wildman–Crippen MR) is 74.9 cm³/mol. The summed E-state index contributed by atoms with van der Waals surface area (Å²) in [5.41, 5.74) is 2.18. The van der Waals surface area contributed by atoms with Crippen LogP contribution in [0.3, 0.4) is 0 Å². The second kappa shape index (κ2) is 9.34. The van der Waals surface area contributed by atoms with E-state index in [2.05, 4.69) is 17.2 Å². The first kappa shape index (κ1) is 15.4. The molecule has 1 saturated heterocycles. The van der Waals surface area contributed by atoms with E-state index in [0.717, 1.165) is 18.9 Å². The third-order valence-corrected chi connectivity index (χ3v) is 3.88. The third kappa shape index (κ3) is 5.83. The predicted octanol–water partition coefficient (Wildman–Crippen LogP) is 2.19. The van der Waals surface area contributed by atoms with Gasteiger partial charge in [0, 0.05) is 12.5 Å². The molecule has 106 valence electrons. The molecule has 1 amide bonds. The van der Waals surface area contributed by atoms with E-state index < -0.39 is 0 Å². The van der Waals surface area contributed by atoms with E-state index >= 15 is 0 Å². The van der Waals surface area contributed by atoms with Gasteiger partial charge in [-0.25, -0.2) is 5.84 Å². The number of piperidine rings is 1. The van der Waals surface area contributed by atoms with Crippen LogP contribution in [0.1, 0.15) is 64.7 Å². The number of nitrogens with zero attached hydrogens (tertiary/aromatic N) is 1. The maximum atomic E-state index is 11.0. The number of nitrogens with two attached hydrogens (primary N) is 1. The van der Waals surface area contributed by atoms with E-state index in [1.54, 1.807) is 0 Å². The van der Waals surface area contributed by atoms with Crippen LogP contribution >= 0.6 is 0 Å². The van der Waals surface area contributed by atoms with Gasteiger partial charge in [-0.2, -0.15) is 0 Å². The molecule has 0 spiro atoms. The van der Waals surface area contributed by atoms with Crippen molar-refractivity contribution in [2.45, 2.75) is 70.8 Å². The molecular weight excluding hydrogens is 226 g/mol. The van der Waals surface area contributed by atoms with Gasteiger partial charge in [0.15, 0.2) is 0 Å². The highest BCUT2D eigenvalue weighted by atomic mass is 16.2. The molecule has 4 heteroatoms. The van der Waals surface area contributed by atoms with Gasteiger partial charge in [-0.05, 0) is 45.2 Å². The zero-order valence-electron chi connectivity index (χ0n) is 11.8. The minimum absolute atomic E-state index is 0.0446. The zero-order valence-corrected chi connectivity index (χ0v) is 11.8. The lowest BCUT2D eigenvalue weighted by atomic mass is 9.98. The number of unbranched alkanes of at least 4 members (excludes halogenated alkanes) is 2. The Hall–Kier alpha value is -0.610. The van der Waals surface area contributed by atoms with Gasteiger partial charge in [-0.3, -0.25) is 10.2 Å². The molecule has 0 aromatic heterocycles. The second-order valence-corrected chi connectivity index (χ2v) is 5.35. The van der Waals surface area contributed by atoms with Gasteiger partial charge < -0.3 is 4.90 Å². The molecule has 0 aromatic carbocycles. The first-order valence-electron chi connectivity index (χ1n) is 7.51. The number of likely N-dealkylation sites (tertiary alicyclic amines) is 1. The fourth-order valence-corrected chi connectivity index (χ4v) is 2.86. The van der Waals surface area contributed by atoms with Crippen molar-refractivity contribution in [2.75, 3.05) is 13.1 Å². The lowest BCUT2D eigenvalue weighted by Gasteiger charge is -2.35. The average Bonchev–Trinajstić information content (AvgIpc) is 2.40. The van der Waals surface area contributed by atoms with Gasteiger partial charge in [0.25, 0.3) is 0 Å². The largest absolute Gasteiger partial charge is 0.300 e. The van der Waals surface area contributed by atoms with Crippen LogP contribution in [0, 0.1) is 0 Å². The molecule has 1 unspecified atom stereocenters. The third-order valence-electron chi connectivity index (χ3n) is 3.88. The molecule has 1 rings (SSSR count). The molecule has 0 radical (unpaired) electrons. The number of rotatable bonds is 8. The highest BCUT2D eigenvalue weighted by molar-refractivity contribution is 5.74. The van der Waals surface area contributed by atoms with E-state index in [1.165, 1.54) is 51.6 Å². The fourth-order valence-electron chi connectivity index (χ4n) is 2.86. The van der Waals surface area contributed by atoms with E-state index in [-0.39, 0.29) is 5.91 Å². The minimum atomic E-state index is -0.0446. The number of carbonyl (C=O) groups is 1. The van der Waals surface area contributed by atoms with Crippen molar-refractivity contribution in [2.24, 2.45) is 5.84 Å². The van der Waals surface area contributed by atoms with Crippen LogP contribution in [-0.4, -0.2) is 29.9 Å². The molecule has 1 fully saturated rings. The van der Waals surface area contributed by atoms with Crippen LogP contribution in [0.25, 0.3) is 0 Å². The maximum Gasteiger partial charge on any atom is 0.233 e. The molecule has 18 heavy (non-hydrogen) atoms. The summed E-state index contributed by atoms with van der Waals surface area (Å²) in [4.78, 5) is 13.6. The molecular formula is C14H29N3O. The highest BCUT2D eigenvalue weighted by Gasteiger charge is 2.20. The average molecular weight is 255 g/mol. The molecule has 0 aliphatic carbocycles. The smallest absolute Gasteiger partial charge is 0.233 e. The van der Waals surface area contributed by atoms with Crippen LogP contribution in [0.15, 0.2) is 0 Å². The van der Waals surface area contributed by atoms with Crippen molar-refractivity contribution >= 4 is 5.91 Å². The van der Waals surface area contributed by atoms with Crippen LogP contribution in [0.5, 0.6) is 0 Å². The van der Waals surface area contributed by atoms with Crippen LogP contribution in [0.2, 0.25) is 0 Å². The molecule has 1 heterocycles. The van der Waals surface area contributed by atoms with Gasteiger partial charge in [0.1, 0.15) is 0 Å². The molecule has 1 aliphatic heterocycles. The molecule has 0 saturated carbocycles. The lowest BCUT2D eigenvalue weighted by molar-refractivity contribution is -0.121. The quantitative estimate of drug-likeness (QED) is 0.302. The molecule has 1 atom stereocenters. The topological polar surface area (TPSA) is 58.4 Å². The number of nitrogens with one attached hydrogen (secondary N) is 1. The van der Waals surface area contributed by atoms with Gasteiger partial charge in [-0.15, -0.1) is 0 Å². The Morgan fingerprint density at radius 2 is 2.17 bits per heavy atom. The highest BCUT2D eigenvalue weighted by Crippen LogP contribution is 2.21. The number of hydrazine groups is 1. The first-order chi connectivity index (χ1) is 8.77. The summed E-state index contributed by atoms with van der Waals surface area (Å²) in [7, 11) is 0. The Kier molecular flexibility index (Phi) is 8.01. The molecule has 0 aromatic rings. The number of hydrogen-bond acceptors (Lipinski definition) is 3. The Morgan fingerprint density at radius 1 is 1.33 bits per heavy atom. The fraction of sp³-hybridized carbons (Fsp3) is 0.929. The van der Waals surface area contributed by atoms with Crippen LogP contribution in [-0.2, 0) is 4.79 Å². The lowest BCUT2D eigenvalue weighted by Crippen LogP contribution is -2.39. The van der Waals surface area contributed by atoms with E-state index in [4.69, 9.17) is 5.84 Å². The SMILES string of the molecule is CCCC1CCCCN1CCCCCC(=O)NN. The number of carbonyl (C=O) groups excluding carboxylic acids is 1. The van der Waals surface area contributed by atoms with Crippen molar-refractivity contribution in [3.8, 4) is 0 Å². The normalized spacial score (nSPS) is 20.9. The first-order valence-corrected chi connectivity index (χ1v) is 7.51. The summed E-state index contributed by atoms with van der Waals surface area (Å²) in [6.45, 7) is 4.75. The summed E-state index contributed by atoms with van der Waals surface area (Å²) < 4.78 is 0. The van der Waals surface area contributed by atoms with Crippen LogP contribution < -0.4 is 11.3 Å². The molecule has 1 aliphatic rings. The molecule has 3 N–H and O–H groups in total. The van der Waals surface area contributed by atoms with Gasteiger partial charge >= 0.3 is 0 Å². The van der Waals surface area contributed by atoms with Crippen molar-refractivity contribution in [1.29, 1.82) is 0 Å². The number of amides is 1. The van der Waals surface area contributed by atoms with Crippen LogP contribution in [0.4, 0.5) is 0 Å². The van der Waals surface area contributed by atoms with Gasteiger partial charge in [0.2, 0.25) is 5.91 Å².